The molecule has 1 fully saturated rings. The van der Waals surface area contributed by atoms with E-state index in [1.165, 1.54) is 12.0 Å². The Morgan fingerprint density at radius 1 is 1.22 bits per heavy atom. The number of benzene rings is 1. The summed E-state index contributed by atoms with van der Waals surface area (Å²) in [6.45, 7) is 1.56. The Bertz CT molecular complexity index is 438. The highest BCUT2D eigenvalue weighted by atomic mass is 16.5. The normalized spacial score (nSPS) is 23.9. The molecule has 96 valence electrons. The Balaban J connectivity index is 1.79. The molecule has 2 heterocycles. The lowest BCUT2D eigenvalue weighted by Crippen LogP contribution is -2.42. The molecule has 1 aromatic carbocycles. The van der Waals surface area contributed by atoms with E-state index in [9.17, 15) is 4.79 Å². The number of anilines is 1. The fraction of sp³-hybridized carbons (Fsp3) is 0.533. The van der Waals surface area contributed by atoms with E-state index in [4.69, 9.17) is 4.74 Å². The number of hydrogen-bond donors (Lipinski definition) is 0. The van der Waals surface area contributed by atoms with Crippen molar-refractivity contribution in [2.75, 3.05) is 18.1 Å². The van der Waals surface area contributed by atoms with Crippen LogP contribution in [0.2, 0.25) is 0 Å². The fourth-order valence-electron chi connectivity index (χ4n) is 2.85. The van der Waals surface area contributed by atoms with Crippen molar-refractivity contribution in [3.63, 3.8) is 0 Å². The number of carbonyl (C=O) groups is 1. The van der Waals surface area contributed by atoms with Crippen LogP contribution in [0.1, 0.15) is 31.2 Å². The summed E-state index contributed by atoms with van der Waals surface area (Å²) in [7, 11) is 0. The van der Waals surface area contributed by atoms with Gasteiger partial charge >= 0.3 is 0 Å². The number of rotatable bonds is 2. The van der Waals surface area contributed by atoms with Gasteiger partial charge in [-0.3, -0.25) is 4.79 Å². The highest BCUT2D eigenvalue weighted by Crippen LogP contribution is 2.28. The number of aryl methyl sites for hydroxylation is 1. The third-order valence-electron chi connectivity index (χ3n) is 3.85. The number of nitrogens with zero attached hydrogens (tertiary/aromatic N) is 1. The van der Waals surface area contributed by atoms with E-state index in [2.05, 4.69) is 12.1 Å². The number of carbonyl (C=O) groups excluding carboxylic acids is 1. The van der Waals surface area contributed by atoms with E-state index >= 15 is 0 Å². The molecule has 0 unspecified atom stereocenters. The largest absolute Gasteiger partial charge is 0.376 e. The maximum absolute atomic E-state index is 12.1. The Morgan fingerprint density at radius 3 is 2.94 bits per heavy atom. The first-order valence-electron chi connectivity index (χ1n) is 6.84. The zero-order valence-corrected chi connectivity index (χ0v) is 10.6. The molecule has 0 N–H and O–H groups in total. The predicted octanol–water partition coefficient (Wildman–Crippen LogP) is 2.53. The molecule has 1 saturated heterocycles. The lowest BCUT2D eigenvalue weighted by atomic mass is 10.00. The van der Waals surface area contributed by atoms with Crippen LogP contribution in [0.4, 0.5) is 5.69 Å². The van der Waals surface area contributed by atoms with Gasteiger partial charge in [0.2, 0.25) is 5.91 Å². The molecule has 0 bridgehead atoms. The highest BCUT2D eigenvalue weighted by Gasteiger charge is 2.27. The molecule has 3 nitrogen and oxygen atoms in total. The van der Waals surface area contributed by atoms with E-state index in [-0.39, 0.29) is 12.0 Å². The van der Waals surface area contributed by atoms with Gasteiger partial charge in [0.25, 0.3) is 0 Å². The number of fused-ring (bicyclic) bond motifs is 1. The van der Waals surface area contributed by atoms with Gasteiger partial charge in [0, 0.05) is 18.7 Å². The van der Waals surface area contributed by atoms with Crippen LogP contribution >= 0.6 is 0 Å². The molecule has 1 amide bonds. The summed E-state index contributed by atoms with van der Waals surface area (Å²) in [5.74, 6) is 0.239. The van der Waals surface area contributed by atoms with Crippen molar-refractivity contribution in [2.45, 2.75) is 38.2 Å². The van der Waals surface area contributed by atoms with Gasteiger partial charge in [-0.05, 0) is 37.3 Å². The average Bonchev–Trinajstić information content (AvgIpc) is 2.43. The third-order valence-corrected chi connectivity index (χ3v) is 3.85. The summed E-state index contributed by atoms with van der Waals surface area (Å²) in [6, 6.07) is 8.22. The summed E-state index contributed by atoms with van der Waals surface area (Å²) in [5.41, 5.74) is 2.37. The summed E-state index contributed by atoms with van der Waals surface area (Å²) in [5, 5.41) is 0. The second-order valence-electron chi connectivity index (χ2n) is 5.12. The first-order valence-corrected chi connectivity index (χ1v) is 6.84. The predicted molar refractivity (Wildman–Crippen MR) is 70.7 cm³/mol. The van der Waals surface area contributed by atoms with E-state index in [0.29, 0.717) is 6.42 Å². The van der Waals surface area contributed by atoms with Crippen molar-refractivity contribution >= 4 is 11.6 Å². The van der Waals surface area contributed by atoms with Crippen LogP contribution < -0.4 is 4.90 Å². The molecule has 0 radical (unpaired) electrons. The second-order valence-corrected chi connectivity index (χ2v) is 5.12. The zero-order chi connectivity index (χ0) is 12.4. The van der Waals surface area contributed by atoms with Crippen LogP contribution in [0.3, 0.4) is 0 Å². The number of para-hydroxylation sites is 1. The molecule has 0 aromatic heterocycles. The Kier molecular flexibility index (Phi) is 3.33. The SMILES string of the molecule is O=C1CCc2ccccc2N1C[C@H]1CCCCO1. The topological polar surface area (TPSA) is 29.5 Å². The molecule has 2 aliphatic heterocycles. The van der Waals surface area contributed by atoms with Crippen LogP contribution in [-0.4, -0.2) is 25.2 Å². The summed E-state index contributed by atoms with van der Waals surface area (Å²) in [6.07, 6.45) is 5.16. The maximum Gasteiger partial charge on any atom is 0.227 e. The number of amides is 1. The summed E-state index contributed by atoms with van der Waals surface area (Å²) >= 11 is 0. The monoisotopic (exact) mass is 245 g/mol. The van der Waals surface area contributed by atoms with E-state index in [0.717, 1.165) is 38.1 Å². The van der Waals surface area contributed by atoms with Gasteiger partial charge in [-0.25, -0.2) is 0 Å². The van der Waals surface area contributed by atoms with Gasteiger partial charge < -0.3 is 9.64 Å². The van der Waals surface area contributed by atoms with Crippen LogP contribution in [0, 0.1) is 0 Å². The van der Waals surface area contributed by atoms with Gasteiger partial charge in [-0.1, -0.05) is 18.2 Å². The number of hydrogen-bond acceptors (Lipinski definition) is 2. The molecule has 18 heavy (non-hydrogen) atoms. The minimum Gasteiger partial charge on any atom is -0.376 e. The first kappa shape index (κ1) is 11.7. The molecule has 2 aliphatic rings. The zero-order valence-electron chi connectivity index (χ0n) is 10.6. The second kappa shape index (κ2) is 5.11. The quantitative estimate of drug-likeness (QED) is 0.801. The third kappa shape index (κ3) is 2.27. The summed E-state index contributed by atoms with van der Waals surface area (Å²) < 4.78 is 5.75. The average molecular weight is 245 g/mol. The van der Waals surface area contributed by atoms with Crippen molar-refractivity contribution in [2.24, 2.45) is 0 Å². The van der Waals surface area contributed by atoms with Gasteiger partial charge in [0.05, 0.1) is 12.6 Å². The molecular formula is C15H19NO2. The Hall–Kier alpha value is -1.35. The van der Waals surface area contributed by atoms with Gasteiger partial charge in [-0.15, -0.1) is 0 Å². The maximum atomic E-state index is 12.1. The molecule has 1 aromatic rings. The molecule has 3 heteroatoms. The number of ether oxygens (including phenoxy) is 1. The van der Waals surface area contributed by atoms with Crippen LogP contribution in [-0.2, 0) is 16.0 Å². The molecule has 1 atom stereocenters. The Morgan fingerprint density at radius 2 is 2.11 bits per heavy atom. The van der Waals surface area contributed by atoms with E-state index in [1.54, 1.807) is 0 Å². The molecule has 0 aliphatic carbocycles. The van der Waals surface area contributed by atoms with Crippen molar-refractivity contribution < 1.29 is 9.53 Å². The fourth-order valence-corrected chi connectivity index (χ4v) is 2.85. The smallest absolute Gasteiger partial charge is 0.227 e. The van der Waals surface area contributed by atoms with Crippen LogP contribution in [0.5, 0.6) is 0 Å². The molecule has 0 spiro atoms. The molecule has 3 rings (SSSR count). The first-order chi connectivity index (χ1) is 8.84. The van der Waals surface area contributed by atoms with Crippen molar-refractivity contribution in [1.82, 2.24) is 0 Å². The van der Waals surface area contributed by atoms with Gasteiger partial charge in [-0.2, -0.15) is 0 Å². The standard InChI is InChI=1S/C15H19NO2/c17-15-9-8-12-5-1-2-7-14(12)16(15)11-13-6-3-4-10-18-13/h1-2,5,7,13H,3-4,6,8-11H2/t13-/m1/s1. The Labute approximate surface area is 108 Å². The van der Waals surface area contributed by atoms with Gasteiger partial charge in [0.1, 0.15) is 0 Å². The minimum atomic E-state index is 0.217. The molecular weight excluding hydrogens is 226 g/mol. The van der Waals surface area contributed by atoms with E-state index < -0.39 is 0 Å². The minimum absolute atomic E-state index is 0.217. The lowest BCUT2D eigenvalue weighted by molar-refractivity contribution is -0.119. The molecule has 0 saturated carbocycles. The highest BCUT2D eigenvalue weighted by molar-refractivity contribution is 5.96. The lowest BCUT2D eigenvalue weighted by Gasteiger charge is -2.33. The van der Waals surface area contributed by atoms with Crippen molar-refractivity contribution in [1.29, 1.82) is 0 Å². The van der Waals surface area contributed by atoms with Crippen LogP contribution in [0.15, 0.2) is 24.3 Å². The van der Waals surface area contributed by atoms with E-state index in [1.807, 2.05) is 17.0 Å². The van der Waals surface area contributed by atoms with Crippen LogP contribution in [0.25, 0.3) is 0 Å². The van der Waals surface area contributed by atoms with Crippen molar-refractivity contribution in [3.05, 3.63) is 29.8 Å². The summed E-state index contributed by atoms with van der Waals surface area (Å²) in [4.78, 5) is 14.0. The van der Waals surface area contributed by atoms with Crippen molar-refractivity contribution in [3.8, 4) is 0 Å². The van der Waals surface area contributed by atoms with Gasteiger partial charge in [0.15, 0.2) is 0 Å².